The number of carbonyl (C=O) groups is 2. The smallest absolute Gasteiger partial charge is 0.238 e. The van der Waals surface area contributed by atoms with Gasteiger partial charge < -0.3 is 11.1 Å². The lowest BCUT2D eigenvalue weighted by molar-refractivity contribution is -0.127. The van der Waals surface area contributed by atoms with Crippen molar-refractivity contribution in [3.05, 3.63) is 59.1 Å². The van der Waals surface area contributed by atoms with Crippen LogP contribution in [0.5, 0.6) is 0 Å². The number of hydrogen-bond acceptors (Lipinski definition) is 6. The lowest BCUT2D eigenvalue weighted by Crippen LogP contribution is -2.39. The van der Waals surface area contributed by atoms with E-state index in [-0.39, 0.29) is 29.0 Å². The molecule has 35 heavy (non-hydrogen) atoms. The minimum Gasteiger partial charge on any atom is -0.368 e. The average Bonchev–Trinajstić information content (AvgIpc) is 2.83. The fourth-order valence-electron chi connectivity index (χ4n) is 4.36. The number of amides is 2. The molecular formula is C25H28ClN3O4S2. The molecule has 0 aliphatic heterocycles. The highest BCUT2D eigenvalue weighted by atomic mass is 35.5. The fraction of sp³-hybridized carbons (Fsp3) is 0.400. The molecule has 3 rings (SSSR count). The van der Waals surface area contributed by atoms with Crippen LogP contribution in [0.25, 0.3) is 0 Å². The third kappa shape index (κ3) is 6.57. The Labute approximate surface area is 215 Å². The predicted molar refractivity (Wildman–Crippen MR) is 136 cm³/mol. The van der Waals surface area contributed by atoms with Crippen LogP contribution in [0.4, 0.5) is 0 Å². The number of nitriles is 1. The summed E-state index contributed by atoms with van der Waals surface area (Å²) in [5, 5.41) is 11.8. The summed E-state index contributed by atoms with van der Waals surface area (Å²) < 4.78 is 25.3. The van der Waals surface area contributed by atoms with Crippen LogP contribution < -0.4 is 11.1 Å². The summed E-state index contributed by atoms with van der Waals surface area (Å²) in [6.45, 7) is 1.63. The summed E-state index contributed by atoms with van der Waals surface area (Å²) >= 11 is 7.20. The van der Waals surface area contributed by atoms with Crippen LogP contribution in [0, 0.1) is 23.2 Å². The summed E-state index contributed by atoms with van der Waals surface area (Å²) in [6.07, 6.45) is 2.99. The molecule has 3 atom stereocenters. The third-order valence-electron chi connectivity index (χ3n) is 6.39. The van der Waals surface area contributed by atoms with Crippen LogP contribution in [-0.4, -0.2) is 32.5 Å². The average molecular weight is 534 g/mol. The molecule has 0 aromatic heterocycles. The Kier molecular flexibility index (Phi) is 8.86. The van der Waals surface area contributed by atoms with Crippen molar-refractivity contribution in [2.24, 2.45) is 17.6 Å². The van der Waals surface area contributed by atoms with Crippen LogP contribution in [0.2, 0.25) is 5.02 Å². The maximum Gasteiger partial charge on any atom is 0.238 e. The zero-order valence-corrected chi connectivity index (χ0v) is 21.8. The van der Waals surface area contributed by atoms with E-state index >= 15 is 0 Å². The van der Waals surface area contributed by atoms with Crippen LogP contribution in [0.1, 0.15) is 38.2 Å². The summed E-state index contributed by atoms with van der Waals surface area (Å²) in [6, 6.07) is 15.1. The van der Waals surface area contributed by atoms with Gasteiger partial charge in [0.2, 0.25) is 11.8 Å². The van der Waals surface area contributed by atoms with E-state index in [1.54, 1.807) is 43.3 Å². The largest absolute Gasteiger partial charge is 0.368 e. The van der Waals surface area contributed by atoms with Gasteiger partial charge >= 0.3 is 0 Å². The number of sulfone groups is 1. The van der Waals surface area contributed by atoms with Gasteiger partial charge in [0.05, 0.1) is 16.7 Å². The molecule has 2 aromatic rings. The lowest BCUT2D eigenvalue weighted by atomic mass is 9.80. The lowest BCUT2D eigenvalue weighted by Gasteiger charge is -2.30. The van der Waals surface area contributed by atoms with Gasteiger partial charge in [-0.2, -0.15) is 5.26 Å². The molecule has 1 unspecified atom stereocenters. The number of hydrogen-bond donors (Lipinski definition) is 2. The highest BCUT2D eigenvalue weighted by Gasteiger charge is 2.36. The summed E-state index contributed by atoms with van der Waals surface area (Å²) in [5.41, 5.74) is 6.41. The van der Waals surface area contributed by atoms with E-state index in [1.165, 1.54) is 23.9 Å². The first-order valence-corrected chi connectivity index (χ1v) is 14.1. The second kappa shape index (κ2) is 11.5. The summed E-state index contributed by atoms with van der Waals surface area (Å²) in [4.78, 5) is 25.6. The Balaban J connectivity index is 1.76. The Morgan fingerprint density at radius 2 is 1.77 bits per heavy atom. The van der Waals surface area contributed by atoms with Gasteiger partial charge in [0.15, 0.2) is 9.84 Å². The minimum atomic E-state index is -3.64. The van der Waals surface area contributed by atoms with E-state index < -0.39 is 26.4 Å². The molecule has 0 heterocycles. The molecule has 7 nitrogen and oxygen atoms in total. The Morgan fingerprint density at radius 1 is 1.14 bits per heavy atom. The molecule has 0 radical (unpaired) electrons. The van der Waals surface area contributed by atoms with Crippen molar-refractivity contribution in [3.63, 3.8) is 0 Å². The van der Waals surface area contributed by atoms with Gasteiger partial charge in [-0.1, -0.05) is 36.6 Å². The monoisotopic (exact) mass is 533 g/mol. The molecule has 0 saturated heterocycles. The van der Waals surface area contributed by atoms with Crippen LogP contribution in [-0.2, 0) is 24.2 Å². The second-order valence-electron chi connectivity index (χ2n) is 8.79. The highest BCUT2D eigenvalue weighted by molar-refractivity contribution is 8.01. The van der Waals surface area contributed by atoms with Gasteiger partial charge in [-0.15, -0.1) is 11.8 Å². The molecule has 0 bridgehead atoms. The van der Waals surface area contributed by atoms with E-state index in [2.05, 4.69) is 5.32 Å². The number of carbonyl (C=O) groups excluding carboxylic acids is 2. The normalized spacial score (nSPS) is 19.8. The SMILES string of the molecule is CC(Sc1ccc(S(=O)(=O)C[C@H]2CCCC[C@@H]2C(=O)NCC#N)cc1)(C(N)=O)c1ccc(Cl)cc1. The zero-order valence-electron chi connectivity index (χ0n) is 19.4. The first kappa shape index (κ1) is 27.1. The molecule has 2 aromatic carbocycles. The second-order valence-corrected chi connectivity index (χ2v) is 12.7. The Bertz CT molecular complexity index is 1210. The van der Waals surface area contributed by atoms with E-state index in [1.807, 2.05) is 6.07 Å². The number of benzene rings is 2. The number of nitrogens with zero attached hydrogens (tertiary/aromatic N) is 1. The summed E-state index contributed by atoms with van der Waals surface area (Å²) in [5.74, 6) is -1.64. The van der Waals surface area contributed by atoms with E-state index in [4.69, 9.17) is 22.6 Å². The van der Waals surface area contributed by atoms with Crippen molar-refractivity contribution < 1.29 is 18.0 Å². The minimum absolute atomic E-state index is 0.0891. The van der Waals surface area contributed by atoms with Crippen molar-refractivity contribution in [2.45, 2.75) is 47.1 Å². The van der Waals surface area contributed by atoms with Crippen molar-refractivity contribution in [1.82, 2.24) is 5.32 Å². The maximum atomic E-state index is 13.2. The maximum absolute atomic E-state index is 13.2. The van der Waals surface area contributed by atoms with Gasteiger partial charge in [-0.05, 0) is 67.6 Å². The number of primary amides is 1. The van der Waals surface area contributed by atoms with E-state index in [0.29, 0.717) is 28.3 Å². The quantitative estimate of drug-likeness (QED) is 0.369. The highest BCUT2D eigenvalue weighted by Crippen LogP contribution is 2.42. The van der Waals surface area contributed by atoms with Gasteiger partial charge in [-0.25, -0.2) is 8.42 Å². The van der Waals surface area contributed by atoms with Crippen LogP contribution in [0.15, 0.2) is 58.3 Å². The number of halogens is 1. The van der Waals surface area contributed by atoms with Crippen molar-refractivity contribution in [3.8, 4) is 6.07 Å². The number of nitrogens with two attached hydrogens (primary N) is 1. The van der Waals surface area contributed by atoms with Gasteiger partial charge in [0, 0.05) is 15.8 Å². The zero-order chi connectivity index (χ0) is 25.6. The first-order valence-electron chi connectivity index (χ1n) is 11.3. The molecule has 10 heteroatoms. The van der Waals surface area contributed by atoms with Gasteiger partial charge in [0.25, 0.3) is 0 Å². The molecule has 0 spiro atoms. The number of thioether (sulfide) groups is 1. The molecule has 1 aliphatic rings. The fourth-order valence-corrected chi connectivity index (χ4v) is 7.29. The first-order chi connectivity index (χ1) is 16.6. The van der Waals surface area contributed by atoms with E-state index in [0.717, 1.165) is 12.8 Å². The van der Waals surface area contributed by atoms with E-state index in [9.17, 15) is 18.0 Å². The molecule has 2 amide bonds. The third-order valence-corrected chi connectivity index (χ3v) is 9.85. The Morgan fingerprint density at radius 3 is 2.37 bits per heavy atom. The molecule has 1 saturated carbocycles. The van der Waals surface area contributed by atoms with Gasteiger partial charge in [0.1, 0.15) is 11.3 Å². The molecular weight excluding hydrogens is 506 g/mol. The molecule has 186 valence electrons. The van der Waals surface area contributed by atoms with Crippen LogP contribution >= 0.6 is 23.4 Å². The standard InChI is InChI=1S/C25H28ClN3O4S2/c1-25(24(28)31,18-6-8-19(26)9-7-18)34-20-10-12-21(13-11-20)35(32,33)16-17-4-2-3-5-22(17)23(30)29-15-14-27/h6-13,17,22H,2-5,15-16H2,1H3,(H2,28,31)(H,29,30)/t17-,22+,25?/m1/s1. The molecule has 1 aliphatic carbocycles. The molecule has 3 N–H and O–H groups in total. The van der Waals surface area contributed by atoms with Crippen molar-refractivity contribution >= 4 is 45.0 Å². The van der Waals surface area contributed by atoms with Gasteiger partial charge in [-0.3, -0.25) is 9.59 Å². The molecule has 1 fully saturated rings. The van der Waals surface area contributed by atoms with Crippen LogP contribution in [0.3, 0.4) is 0 Å². The topological polar surface area (TPSA) is 130 Å². The van der Waals surface area contributed by atoms with Crippen molar-refractivity contribution in [2.75, 3.05) is 12.3 Å². The predicted octanol–water partition coefficient (Wildman–Crippen LogP) is 4.05. The number of rotatable bonds is 9. The van der Waals surface area contributed by atoms with Crippen molar-refractivity contribution in [1.29, 1.82) is 5.26 Å². The summed E-state index contributed by atoms with van der Waals surface area (Å²) in [7, 11) is -3.64. The Hall–Kier alpha value is -2.54. The number of nitrogens with one attached hydrogen (secondary N) is 1.